The van der Waals surface area contributed by atoms with Gasteiger partial charge in [0.25, 0.3) is 0 Å². The van der Waals surface area contributed by atoms with E-state index in [2.05, 4.69) is 82.0 Å². The molecule has 192 valence electrons. The summed E-state index contributed by atoms with van der Waals surface area (Å²) in [4.78, 5) is 9.74. The first kappa shape index (κ1) is 24.6. The summed E-state index contributed by atoms with van der Waals surface area (Å²) in [7, 11) is 2.50. The van der Waals surface area contributed by atoms with Crippen LogP contribution in [0.3, 0.4) is 0 Å². The second-order valence-corrected chi connectivity index (χ2v) is 14.2. The Labute approximate surface area is 230 Å². The molecular weight excluding hydrogens is 498 g/mol. The van der Waals surface area contributed by atoms with Crippen molar-refractivity contribution in [1.29, 1.82) is 0 Å². The second kappa shape index (κ2) is 10.3. The molecule has 0 spiro atoms. The Morgan fingerprint density at radius 1 is 0.684 bits per heavy atom. The van der Waals surface area contributed by atoms with E-state index in [0.717, 1.165) is 29.8 Å². The fourth-order valence-corrected chi connectivity index (χ4v) is 11.4. The van der Waals surface area contributed by atoms with Gasteiger partial charge in [-0.1, -0.05) is 60.7 Å². The molecule has 4 aliphatic carbocycles. The van der Waals surface area contributed by atoms with Crippen molar-refractivity contribution < 1.29 is 0 Å². The molecule has 8 rings (SSSR count). The molecular formula is C34H36N2P2. The summed E-state index contributed by atoms with van der Waals surface area (Å²) in [6.07, 6.45) is 13.2. The van der Waals surface area contributed by atoms with Crippen LogP contribution in [-0.4, -0.2) is 16.1 Å². The van der Waals surface area contributed by atoms with Gasteiger partial charge in [0.05, 0.1) is 10.9 Å². The summed E-state index contributed by atoms with van der Waals surface area (Å²) in [5.74, 6) is 3.56. The number of nitrogens with zero attached hydrogens (tertiary/aromatic N) is 2. The van der Waals surface area contributed by atoms with Crippen LogP contribution in [0.2, 0.25) is 0 Å². The number of aromatic nitrogens is 2. The van der Waals surface area contributed by atoms with Gasteiger partial charge in [-0.15, -0.1) is 9.24 Å². The van der Waals surface area contributed by atoms with Gasteiger partial charge in [0, 0.05) is 31.9 Å². The molecule has 4 bridgehead atoms. The van der Waals surface area contributed by atoms with Gasteiger partial charge in [0.1, 0.15) is 0 Å². The van der Waals surface area contributed by atoms with Crippen molar-refractivity contribution in [2.75, 3.05) is 6.16 Å². The van der Waals surface area contributed by atoms with Crippen LogP contribution in [0.5, 0.6) is 0 Å². The molecule has 0 amide bonds. The third kappa shape index (κ3) is 4.26. The molecule has 0 radical (unpaired) electrons. The quantitative estimate of drug-likeness (QED) is 0.232. The van der Waals surface area contributed by atoms with Crippen LogP contribution in [0.1, 0.15) is 43.2 Å². The highest BCUT2D eigenvalue weighted by atomic mass is 31.1. The van der Waals surface area contributed by atoms with Crippen LogP contribution in [-0.2, 0) is 11.6 Å². The first-order chi connectivity index (χ1) is 18.7. The molecule has 2 aromatic heterocycles. The molecule has 1 unspecified atom stereocenters. The average molecular weight is 535 g/mol. The molecule has 4 aliphatic rings. The van der Waals surface area contributed by atoms with E-state index in [-0.39, 0.29) is 5.41 Å². The first-order valence-corrected chi connectivity index (χ1v) is 16.6. The third-order valence-corrected chi connectivity index (χ3v) is 12.8. The zero-order valence-corrected chi connectivity index (χ0v) is 24.0. The molecule has 4 fully saturated rings. The Balaban J connectivity index is 1.38. The lowest BCUT2D eigenvalue weighted by Gasteiger charge is -2.62. The van der Waals surface area contributed by atoms with Gasteiger partial charge < -0.3 is 0 Å². The van der Waals surface area contributed by atoms with Crippen LogP contribution in [0.25, 0.3) is 11.1 Å². The van der Waals surface area contributed by atoms with E-state index in [9.17, 15) is 0 Å². The fourth-order valence-electron chi connectivity index (χ4n) is 8.37. The van der Waals surface area contributed by atoms with E-state index in [1.165, 1.54) is 65.8 Å². The third-order valence-electron chi connectivity index (χ3n) is 9.83. The van der Waals surface area contributed by atoms with Crippen LogP contribution >= 0.6 is 17.2 Å². The van der Waals surface area contributed by atoms with Crippen LogP contribution in [0.15, 0.2) is 97.3 Å². The van der Waals surface area contributed by atoms with Crippen molar-refractivity contribution >= 4 is 28.0 Å². The van der Waals surface area contributed by atoms with Gasteiger partial charge >= 0.3 is 0 Å². The molecule has 0 saturated heterocycles. The van der Waals surface area contributed by atoms with Crippen LogP contribution in [0.4, 0.5) is 0 Å². The van der Waals surface area contributed by atoms with Gasteiger partial charge in [0.15, 0.2) is 0 Å². The van der Waals surface area contributed by atoms with Gasteiger partial charge in [-0.2, -0.15) is 0 Å². The lowest BCUT2D eigenvalue weighted by atomic mass is 9.44. The number of rotatable bonds is 7. The topological polar surface area (TPSA) is 25.8 Å². The number of hydrogen-bond donors (Lipinski definition) is 0. The van der Waals surface area contributed by atoms with E-state index in [0.29, 0.717) is 0 Å². The normalized spacial score (nSPS) is 27.6. The molecule has 4 saturated carbocycles. The van der Waals surface area contributed by atoms with Crippen molar-refractivity contribution in [3.05, 3.63) is 108 Å². The Kier molecular flexibility index (Phi) is 6.67. The lowest BCUT2D eigenvalue weighted by Crippen LogP contribution is -2.56. The van der Waals surface area contributed by atoms with E-state index >= 15 is 0 Å². The predicted molar refractivity (Wildman–Crippen MR) is 164 cm³/mol. The van der Waals surface area contributed by atoms with Gasteiger partial charge in [-0.3, -0.25) is 9.97 Å². The molecule has 38 heavy (non-hydrogen) atoms. The Morgan fingerprint density at radius 3 is 1.84 bits per heavy atom. The first-order valence-electron chi connectivity index (χ1n) is 14.2. The largest absolute Gasteiger partial charge is 0.256 e. The molecule has 4 heteroatoms. The summed E-state index contributed by atoms with van der Waals surface area (Å²) >= 11 is 0. The molecule has 1 atom stereocenters. The molecule has 4 aromatic rings. The Morgan fingerprint density at radius 2 is 1.29 bits per heavy atom. The Bertz CT molecular complexity index is 1320. The minimum Gasteiger partial charge on any atom is -0.256 e. The van der Waals surface area contributed by atoms with Gasteiger partial charge in [0.2, 0.25) is 0 Å². The predicted octanol–water partition coefficient (Wildman–Crippen LogP) is 7.35. The highest BCUT2D eigenvalue weighted by Crippen LogP contribution is 2.64. The Hall–Kier alpha value is -2.40. The summed E-state index contributed by atoms with van der Waals surface area (Å²) in [6, 6.07) is 31.1. The van der Waals surface area contributed by atoms with Crippen molar-refractivity contribution in [2.24, 2.45) is 23.7 Å². The second-order valence-electron chi connectivity index (χ2n) is 11.7. The van der Waals surface area contributed by atoms with Gasteiger partial charge in [-0.25, -0.2) is 0 Å². The summed E-state index contributed by atoms with van der Waals surface area (Å²) in [5.41, 5.74) is 8.38. The molecule has 2 heterocycles. The van der Waals surface area contributed by atoms with Crippen molar-refractivity contribution in [2.45, 2.75) is 43.7 Å². The maximum atomic E-state index is 4.87. The van der Waals surface area contributed by atoms with Crippen molar-refractivity contribution in [1.82, 2.24) is 9.97 Å². The monoisotopic (exact) mass is 534 g/mol. The molecule has 0 aliphatic heterocycles. The zero-order chi connectivity index (χ0) is 25.5. The van der Waals surface area contributed by atoms with E-state index in [1.807, 2.05) is 24.5 Å². The maximum Gasteiger partial charge on any atom is 0.0695 e. The highest BCUT2D eigenvalue weighted by Gasteiger charge is 2.57. The van der Waals surface area contributed by atoms with E-state index in [1.54, 1.807) is 5.56 Å². The number of pyridine rings is 2. The SMILES string of the molecule is PCC1(c2ccc(-c3ccccc3)cc2CP(c2ccccn2)c2ccccn2)C2CC3CC(C2)CC1C3. The minimum atomic E-state index is -0.717. The van der Waals surface area contributed by atoms with Crippen LogP contribution < -0.4 is 10.9 Å². The number of benzene rings is 2. The lowest BCUT2D eigenvalue weighted by molar-refractivity contribution is -0.0502. The van der Waals surface area contributed by atoms with Gasteiger partial charge in [-0.05, 0) is 108 Å². The minimum absolute atomic E-state index is 0.276. The highest BCUT2D eigenvalue weighted by molar-refractivity contribution is 7.71. The van der Waals surface area contributed by atoms with Crippen molar-refractivity contribution in [3.63, 3.8) is 0 Å². The number of hydrogen-bond acceptors (Lipinski definition) is 2. The maximum absolute atomic E-state index is 4.87. The fraction of sp³-hybridized carbons (Fsp3) is 0.353. The standard InChI is InChI=1S/C34H36N2P2/c37-23-34(29-17-24-16-25(19-29)20-30(34)18-24)31-13-12-27(26-8-2-1-3-9-26)21-28(31)22-38(32-10-4-6-14-35-32)33-11-5-7-15-36-33/h1-15,21,24-25,29-30H,16-20,22-23,37H2. The average Bonchev–Trinajstić information content (AvgIpc) is 2.97. The summed E-state index contributed by atoms with van der Waals surface area (Å²) in [6.45, 7) is 0. The van der Waals surface area contributed by atoms with E-state index < -0.39 is 7.92 Å². The van der Waals surface area contributed by atoms with Crippen LogP contribution in [0, 0.1) is 23.7 Å². The smallest absolute Gasteiger partial charge is 0.0695 e. The molecule has 2 aromatic carbocycles. The summed E-state index contributed by atoms with van der Waals surface area (Å²) < 4.78 is 0. The summed E-state index contributed by atoms with van der Waals surface area (Å²) in [5, 5.41) is 0. The zero-order valence-electron chi connectivity index (χ0n) is 21.9. The molecule has 0 N–H and O–H groups in total. The molecule has 2 nitrogen and oxygen atoms in total. The van der Waals surface area contributed by atoms with E-state index in [4.69, 9.17) is 9.97 Å². The van der Waals surface area contributed by atoms with Crippen molar-refractivity contribution in [3.8, 4) is 11.1 Å².